The van der Waals surface area contributed by atoms with Crippen LogP contribution in [0.15, 0.2) is 23.8 Å². The van der Waals surface area contributed by atoms with Crippen LogP contribution >= 0.6 is 11.3 Å². The normalized spacial score (nSPS) is 15.9. The Hall–Kier alpha value is -1.94. The average Bonchev–Trinajstić information content (AvgIpc) is 3.13. The van der Waals surface area contributed by atoms with Gasteiger partial charge in [-0.15, -0.1) is 11.3 Å². The summed E-state index contributed by atoms with van der Waals surface area (Å²) >= 11 is 1.57. The quantitative estimate of drug-likeness (QED) is 0.671. The molecule has 9 heteroatoms. The molecule has 0 atom stereocenters. The van der Waals surface area contributed by atoms with Crippen molar-refractivity contribution in [2.75, 3.05) is 53.0 Å². The maximum absolute atomic E-state index is 11.9. The maximum atomic E-state index is 11.9. The van der Waals surface area contributed by atoms with Gasteiger partial charge in [0.2, 0.25) is 5.91 Å². The lowest BCUT2D eigenvalue weighted by Crippen LogP contribution is -2.49. The van der Waals surface area contributed by atoms with Crippen LogP contribution in [0.1, 0.15) is 5.69 Å². The van der Waals surface area contributed by atoms with Gasteiger partial charge in [0, 0.05) is 64.2 Å². The molecule has 1 N–H and O–H groups in total. The fourth-order valence-corrected chi connectivity index (χ4v) is 3.53. The zero-order chi connectivity index (χ0) is 18.2. The van der Waals surface area contributed by atoms with Crippen LogP contribution in [-0.2, 0) is 16.1 Å². The first-order valence-electron chi connectivity index (χ1n) is 8.67. The van der Waals surface area contributed by atoms with Crippen molar-refractivity contribution in [3.8, 4) is 10.8 Å². The van der Waals surface area contributed by atoms with Crippen molar-refractivity contribution in [2.24, 2.45) is 0 Å². The summed E-state index contributed by atoms with van der Waals surface area (Å²) < 4.78 is 4.93. The van der Waals surface area contributed by atoms with Crippen molar-refractivity contribution >= 4 is 17.2 Å². The van der Waals surface area contributed by atoms with Crippen LogP contribution in [-0.4, -0.2) is 83.6 Å². The standard InChI is InChI=1S/C17H24N6O2S/c1-25-10-5-18-15(24)12-23-8-6-22(7-9-23)11-14-13-26-17(21-14)16-19-3-2-4-20-16/h2-4,13H,5-12H2,1H3,(H,18,24). The Bertz CT molecular complexity index is 688. The molecule has 0 aliphatic carbocycles. The molecule has 1 aliphatic heterocycles. The molecule has 0 unspecified atom stereocenters. The second-order valence-electron chi connectivity index (χ2n) is 6.11. The number of nitrogens with one attached hydrogen (secondary N) is 1. The molecule has 2 aromatic rings. The largest absolute Gasteiger partial charge is 0.383 e. The van der Waals surface area contributed by atoms with E-state index in [1.54, 1.807) is 36.9 Å². The minimum Gasteiger partial charge on any atom is -0.383 e. The van der Waals surface area contributed by atoms with E-state index in [1.807, 2.05) is 0 Å². The molecule has 2 aromatic heterocycles. The first-order valence-corrected chi connectivity index (χ1v) is 9.54. The number of methoxy groups -OCH3 is 1. The molecule has 3 rings (SSSR count). The van der Waals surface area contributed by atoms with Crippen molar-refractivity contribution in [3.63, 3.8) is 0 Å². The summed E-state index contributed by atoms with van der Waals surface area (Å²) in [6, 6.07) is 1.80. The van der Waals surface area contributed by atoms with E-state index >= 15 is 0 Å². The molecule has 0 bridgehead atoms. The lowest BCUT2D eigenvalue weighted by molar-refractivity contribution is -0.122. The fourth-order valence-electron chi connectivity index (χ4n) is 2.78. The SMILES string of the molecule is COCCNC(=O)CN1CCN(Cc2csc(-c3ncccn3)n2)CC1. The smallest absolute Gasteiger partial charge is 0.234 e. The highest BCUT2D eigenvalue weighted by Crippen LogP contribution is 2.20. The van der Waals surface area contributed by atoms with Crippen LogP contribution in [0.2, 0.25) is 0 Å². The predicted octanol–water partition coefficient (Wildman–Crippen LogP) is 0.480. The third-order valence-corrected chi connectivity index (χ3v) is 5.04. The first kappa shape index (κ1) is 18.8. The van der Waals surface area contributed by atoms with Crippen molar-refractivity contribution in [3.05, 3.63) is 29.5 Å². The van der Waals surface area contributed by atoms with Gasteiger partial charge in [0.25, 0.3) is 0 Å². The topological polar surface area (TPSA) is 83.5 Å². The van der Waals surface area contributed by atoms with Crippen molar-refractivity contribution in [2.45, 2.75) is 6.54 Å². The number of carbonyl (C=O) groups is 1. The number of nitrogens with zero attached hydrogens (tertiary/aromatic N) is 5. The van der Waals surface area contributed by atoms with Crippen LogP contribution in [0.25, 0.3) is 10.8 Å². The van der Waals surface area contributed by atoms with E-state index in [4.69, 9.17) is 4.74 Å². The molecular weight excluding hydrogens is 352 g/mol. The van der Waals surface area contributed by atoms with Gasteiger partial charge in [0.1, 0.15) is 0 Å². The monoisotopic (exact) mass is 376 g/mol. The molecule has 0 radical (unpaired) electrons. The van der Waals surface area contributed by atoms with Gasteiger partial charge in [0.15, 0.2) is 10.8 Å². The lowest BCUT2D eigenvalue weighted by Gasteiger charge is -2.33. The van der Waals surface area contributed by atoms with Crippen LogP contribution in [0, 0.1) is 0 Å². The van der Waals surface area contributed by atoms with E-state index in [9.17, 15) is 4.79 Å². The molecule has 26 heavy (non-hydrogen) atoms. The zero-order valence-electron chi connectivity index (χ0n) is 14.9. The van der Waals surface area contributed by atoms with Crippen molar-refractivity contribution in [1.29, 1.82) is 0 Å². The minimum atomic E-state index is 0.0579. The molecule has 0 aromatic carbocycles. The van der Waals surface area contributed by atoms with Crippen LogP contribution in [0.5, 0.6) is 0 Å². The Kier molecular flexibility index (Phi) is 7.01. The van der Waals surface area contributed by atoms with Gasteiger partial charge in [-0.05, 0) is 6.07 Å². The Morgan fingerprint density at radius 2 is 1.96 bits per heavy atom. The highest BCUT2D eigenvalue weighted by Gasteiger charge is 2.20. The second-order valence-corrected chi connectivity index (χ2v) is 6.97. The van der Waals surface area contributed by atoms with E-state index in [0.29, 0.717) is 25.5 Å². The molecule has 140 valence electrons. The van der Waals surface area contributed by atoms with Crippen LogP contribution in [0.3, 0.4) is 0 Å². The van der Waals surface area contributed by atoms with Gasteiger partial charge in [-0.3, -0.25) is 14.6 Å². The summed E-state index contributed by atoms with van der Waals surface area (Å²) in [6.45, 7) is 6.00. The second kappa shape index (κ2) is 9.67. The summed E-state index contributed by atoms with van der Waals surface area (Å²) in [5.74, 6) is 0.732. The highest BCUT2D eigenvalue weighted by atomic mass is 32.1. The van der Waals surface area contributed by atoms with Gasteiger partial charge < -0.3 is 10.1 Å². The third kappa shape index (κ3) is 5.53. The highest BCUT2D eigenvalue weighted by molar-refractivity contribution is 7.13. The zero-order valence-corrected chi connectivity index (χ0v) is 15.7. The molecule has 1 amide bonds. The van der Waals surface area contributed by atoms with E-state index < -0.39 is 0 Å². The minimum absolute atomic E-state index is 0.0579. The van der Waals surface area contributed by atoms with Crippen LogP contribution < -0.4 is 5.32 Å². The van der Waals surface area contributed by atoms with Gasteiger partial charge in [-0.25, -0.2) is 15.0 Å². The number of hydrogen-bond donors (Lipinski definition) is 1. The fraction of sp³-hybridized carbons (Fsp3) is 0.529. The number of amides is 1. The molecule has 0 saturated carbocycles. The molecule has 1 fully saturated rings. The molecule has 8 nitrogen and oxygen atoms in total. The lowest BCUT2D eigenvalue weighted by atomic mass is 10.3. The van der Waals surface area contributed by atoms with E-state index in [1.165, 1.54) is 0 Å². The number of carbonyl (C=O) groups excluding carboxylic acids is 1. The number of aromatic nitrogens is 3. The number of ether oxygens (including phenoxy) is 1. The number of hydrogen-bond acceptors (Lipinski definition) is 8. The van der Waals surface area contributed by atoms with Crippen molar-refractivity contribution < 1.29 is 9.53 Å². The van der Waals surface area contributed by atoms with Crippen LogP contribution in [0.4, 0.5) is 0 Å². The maximum Gasteiger partial charge on any atom is 0.234 e. The molecular formula is C17H24N6O2S. The molecule has 0 spiro atoms. The van der Waals surface area contributed by atoms with E-state index in [2.05, 4.69) is 35.4 Å². The Morgan fingerprint density at radius 1 is 1.23 bits per heavy atom. The summed E-state index contributed by atoms with van der Waals surface area (Å²) in [6.07, 6.45) is 3.46. The number of piperazine rings is 1. The number of rotatable bonds is 8. The molecule has 1 aliphatic rings. The average molecular weight is 376 g/mol. The predicted molar refractivity (Wildman–Crippen MR) is 99.7 cm³/mol. The Morgan fingerprint density at radius 3 is 2.69 bits per heavy atom. The van der Waals surface area contributed by atoms with Gasteiger partial charge in [-0.1, -0.05) is 0 Å². The van der Waals surface area contributed by atoms with E-state index in [-0.39, 0.29) is 5.91 Å². The van der Waals surface area contributed by atoms with Gasteiger partial charge in [-0.2, -0.15) is 0 Å². The summed E-state index contributed by atoms with van der Waals surface area (Å²) in [5.41, 5.74) is 1.04. The summed E-state index contributed by atoms with van der Waals surface area (Å²) in [4.78, 5) is 29.5. The molecule has 1 saturated heterocycles. The number of thiazole rings is 1. The molecule has 3 heterocycles. The Labute approximate surface area is 157 Å². The van der Waals surface area contributed by atoms with Gasteiger partial charge in [0.05, 0.1) is 18.8 Å². The first-order chi connectivity index (χ1) is 12.7. The Balaban J connectivity index is 1.42. The van der Waals surface area contributed by atoms with Gasteiger partial charge >= 0.3 is 0 Å². The van der Waals surface area contributed by atoms with Crippen molar-refractivity contribution in [1.82, 2.24) is 30.1 Å². The summed E-state index contributed by atoms with van der Waals surface area (Å²) in [7, 11) is 1.63. The van der Waals surface area contributed by atoms with E-state index in [0.717, 1.165) is 43.4 Å². The summed E-state index contributed by atoms with van der Waals surface area (Å²) in [5, 5.41) is 5.78. The third-order valence-electron chi connectivity index (χ3n) is 4.15.